The van der Waals surface area contributed by atoms with E-state index >= 15 is 0 Å². The van der Waals surface area contributed by atoms with Crippen molar-refractivity contribution < 1.29 is 18.7 Å². The fraction of sp³-hybridized carbons (Fsp3) is 0.346. The van der Waals surface area contributed by atoms with Crippen molar-refractivity contribution in [2.24, 2.45) is 5.73 Å². The third kappa shape index (κ3) is 5.26. The lowest BCUT2D eigenvalue weighted by Gasteiger charge is -2.40. The molecule has 0 spiro atoms. The molecule has 4 rings (SSSR count). The van der Waals surface area contributed by atoms with Gasteiger partial charge in [-0.1, -0.05) is 36.4 Å². The zero-order valence-corrected chi connectivity index (χ0v) is 20.0. The third-order valence-corrected chi connectivity index (χ3v) is 6.67. The number of carbonyl (C=O) groups is 2. The molecule has 1 fully saturated rings. The molecule has 0 aliphatic carbocycles. The molecule has 186 valence electrons. The topological polar surface area (TPSA) is 127 Å². The number of piperidine rings is 1. The zero-order valence-electron chi connectivity index (χ0n) is 20.0. The maximum atomic E-state index is 14.8. The highest BCUT2D eigenvalue weighted by Crippen LogP contribution is 2.34. The number of nitrogens with two attached hydrogens (primary N) is 1. The molecule has 3 heterocycles. The van der Waals surface area contributed by atoms with E-state index in [1.54, 1.807) is 10.7 Å². The summed E-state index contributed by atoms with van der Waals surface area (Å²) < 4.78 is 21.1. The molecule has 0 bridgehead atoms. The van der Waals surface area contributed by atoms with Crippen LogP contribution in [-0.4, -0.2) is 51.7 Å². The van der Waals surface area contributed by atoms with Gasteiger partial charge in [-0.15, -0.1) is 0 Å². The van der Waals surface area contributed by atoms with Crippen molar-refractivity contribution >= 4 is 11.9 Å². The smallest absolute Gasteiger partial charge is 0.311 e. The van der Waals surface area contributed by atoms with Crippen LogP contribution in [0.5, 0.6) is 0 Å². The Hall–Kier alpha value is -4.10. The van der Waals surface area contributed by atoms with Crippen molar-refractivity contribution in [3.63, 3.8) is 0 Å². The van der Waals surface area contributed by atoms with Gasteiger partial charge in [-0.25, -0.2) is 4.98 Å². The molecular weight excluding hydrogens is 463 g/mol. The van der Waals surface area contributed by atoms with Crippen molar-refractivity contribution in [2.45, 2.75) is 37.8 Å². The molecule has 2 N–H and O–H groups in total. The van der Waals surface area contributed by atoms with E-state index < -0.39 is 23.4 Å². The number of rotatable bonds is 8. The Kier molecular flexibility index (Phi) is 7.41. The predicted octanol–water partition coefficient (Wildman–Crippen LogP) is 2.80. The summed E-state index contributed by atoms with van der Waals surface area (Å²) in [7, 11) is 1.25. The standard InChI is InChI=1S/C26H27FN6O3/c1-36-23(34)15-22-20(25(29)35)17-33(31-22)26(9-12-28)10-13-32(14-11-26)16-19-7-8-21(30-24(19)27)18-5-3-2-4-6-18/h2-8,17H,9-11,13-16H2,1H3,(H2,29,35). The van der Waals surface area contributed by atoms with Gasteiger partial charge in [0.05, 0.1) is 48.5 Å². The van der Waals surface area contributed by atoms with Gasteiger partial charge in [-0.3, -0.25) is 19.2 Å². The molecule has 9 nitrogen and oxygen atoms in total. The van der Waals surface area contributed by atoms with E-state index in [9.17, 15) is 19.2 Å². The highest BCUT2D eigenvalue weighted by Gasteiger charge is 2.38. The lowest BCUT2D eigenvalue weighted by atomic mass is 9.84. The second-order valence-electron chi connectivity index (χ2n) is 8.90. The number of aromatic nitrogens is 3. The number of carbonyl (C=O) groups excluding carboxylic acids is 2. The first-order valence-corrected chi connectivity index (χ1v) is 11.6. The Balaban J connectivity index is 1.49. The summed E-state index contributed by atoms with van der Waals surface area (Å²) in [6.45, 7) is 1.55. The number of nitriles is 1. The number of likely N-dealkylation sites (tertiary alicyclic amines) is 1. The van der Waals surface area contributed by atoms with Crippen LogP contribution < -0.4 is 5.73 Å². The highest BCUT2D eigenvalue weighted by molar-refractivity contribution is 5.94. The zero-order chi connectivity index (χ0) is 25.7. The Labute approximate surface area is 208 Å². The van der Waals surface area contributed by atoms with Gasteiger partial charge in [0, 0.05) is 37.0 Å². The van der Waals surface area contributed by atoms with Gasteiger partial charge in [0.1, 0.15) is 0 Å². The van der Waals surface area contributed by atoms with Crippen LogP contribution in [0.2, 0.25) is 0 Å². The molecule has 0 unspecified atom stereocenters. The molecule has 10 heteroatoms. The van der Waals surface area contributed by atoms with E-state index in [1.165, 1.54) is 13.3 Å². The van der Waals surface area contributed by atoms with Crippen molar-refractivity contribution in [3.05, 3.63) is 71.4 Å². The predicted molar refractivity (Wildman–Crippen MR) is 129 cm³/mol. The quantitative estimate of drug-likeness (QED) is 0.380. The summed E-state index contributed by atoms with van der Waals surface area (Å²) in [5.41, 5.74) is 7.12. The first-order valence-electron chi connectivity index (χ1n) is 11.6. The van der Waals surface area contributed by atoms with Crippen LogP contribution >= 0.6 is 0 Å². The number of primary amides is 1. The Morgan fingerprint density at radius 1 is 1.19 bits per heavy atom. The van der Waals surface area contributed by atoms with Crippen molar-refractivity contribution in [3.8, 4) is 17.3 Å². The number of methoxy groups -OCH3 is 1. The molecule has 36 heavy (non-hydrogen) atoms. The summed E-state index contributed by atoms with van der Waals surface area (Å²) in [4.78, 5) is 30.0. The van der Waals surface area contributed by atoms with Crippen LogP contribution in [-0.2, 0) is 28.0 Å². The largest absolute Gasteiger partial charge is 0.469 e. The molecule has 0 radical (unpaired) electrons. The van der Waals surface area contributed by atoms with Crippen molar-refractivity contribution in [2.75, 3.05) is 20.2 Å². The normalized spacial score (nSPS) is 15.2. The molecule has 1 aliphatic heterocycles. The summed E-state index contributed by atoms with van der Waals surface area (Å²) in [5.74, 6) is -1.75. The van der Waals surface area contributed by atoms with E-state index in [0.717, 1.165) is 5.56 Å². The minimum Gasteiger partial charge on any atom is -0.469 e. The van der Waals surface area contributed by atoms with Crippen LogP contribution in [0.15, 0.2) is 48.7 Å². The fourth-order valence-electron chi connectivity index (χ4n) is 4.55. The van der Waals surface area contributed by atoms with E-state index in [2.05, 4.69) is 21.1 Å². The van der Waals surface area contributed by atoms with Crippen LogP contribution in [0, 0.1) is 17.3 Å². The Morgan fingerprint density at radius 3 is 2.53 bits per heavy atom. The van der Waals surface area contributed by atoms with E-state index in [0.29, 0.717) is 43.7 Å². The molecule has 1 aliphatic rings. The number of hydrogen-bond donors (Lipinski definition) is 1. The highest BCUT2D eigenvalue weighted by atomic mass is 19.1. The number of amides is 1. The summed E-state index contributed by atoms with van der Waals surface area (Å²) in [6.07, 6.45) is 2.59. The van der Waals surface area contributed by atoms with E-state index in [4.69, 9.17) is 10.5 Å². The molecule has 1 aromatic carbocycles. The number of esters is 1. The molecule has 0 saturated carbocycles. The lowest BCUT2D eigenvalue weighted by molar-refractivity contribution is -0.139. The van der Waals surface area contributed by atoms with Crippen molar-refractivity contribution in [1.29, 1.82) is 5.26 Å². The van der Waals surface area contributed by atoms with Gasteiger partial charge >= 0.3 is 5.97 Å². The van der Waals surface area contributed by atoms with E-state index in [1.807, 2.05) is 36.4 Å². The minimum atomic E-state index is -0.702. The number of nitrogens with zero attached hydrogens (tertiary/aromatic N) is 5. The Morgan fingerprint density at radius 2 is 1.92 bits per heavy atom. The first-order chi connectivity index (χ1) is 17.3. The molecule has 1 amide bonds. The van der Waals surface area contributed by atoms with Crippen LogP contribution in [0.1, 0.15) is 40.9 Å². The maximum absolute atomic E-state index is 14.8. The van der Waals surface area contributed by atoms with Crippen LogP contribution in [0.3, 0.4) is 0 Å². The second-order valence-corrected chi connectivity index (χ2v) is 8.90. The van der Waals surface area contributed by atoms with Crippen LogP contribution in [0.4, 0.5) is 4.39 Å². The van der Waals surface area contributed by atoms with Gasteiger partial charge in [0.25, 0.3) is 5.91 Å². The number of pyridine rings is 1. The van der Waals surface area contributed by atoms with Crippen LogP contribution in [0.25, 0.3) is 11.3 Å². The average molecular weight is 491 g/mol. The van der Waals surface area contributed by atoms with Gasteiger partial charge in [-0.05, 0) is 18.9 Å². The lowest BCUT2D eigenvalue weighted by Crippen LogP contribution is -2.46. The van der Waals surface area contributed by atoms with Gasteiger partial charge in [-0.2, -0.15) is 14.8 Å². The molecule has 1 saturated heterocycles. The number of halogens is 1. The number of hydrogen-bond acceptors (Lipinski definition) is 7. The van der Waals surface area contributed by atoms with Gasteiger partial charge < -0.3 is 10.5 Å². The molecular formula is C26H27FN6O3. The van der Waals surface area contributed by atoms with Gasteiger partial charge in [0.2, 0.25) is 5.95 Å². The second kappa shape index (κ2) is 10.7. The maximum Gasteiger partial charge on any atom is 0.311 e. The summed E-state index contributed by atoms with van der Waals surface area (Å²) in [6, 6.07) is 15.2. The number of ether oxygens (including phenoxy) is 1. The van der Waals surface area contributed by atoms with E-state index in [-0.39, 0.29) is 24.1 Å². The molecule has 3 aromatic rings. The fourth-order valence-corrected chi connectivity index (χ4v) is 4.55. The monoisotopic (exact) mass is 490 g/mol. The summed E-state index contributed by atoms with van der Waals surface area (Å²) in [5, 5.41) is 14.0. The average Bonchev–Trinajstić information content (AvgIpc) is 3.32. The third-order valence-electron chi connectivity index (χ3n) is 6.67. The molecule has 2 aromatic heterocycles. The Bertz CT molecular complexity index is 1290. The minimum absolute atomic E-state index is 0.131. The molecule has 0 atom stereocenters. The first kappa shape index (κ1) is 25.0. The summed E-state index contributed by atoms with van der Waals surface area (Å²) >= 11 is 0. The SMILES string of the molecule is COC(=O)Cc1nn(C2(CC#N)CCN(Cc3ccc(-c4ccccc4)nc3F)CC2)cc1C(N)=O. The van der Waals surface area contributed by atoms with Crippen molar-refractivity contribution in [1.82, 2.24) is 19.7 Å². The number of benzene rings is 1. The van der Waals surface area contributed by atoms with Gasteiger partial charge in [0.15, 0.2) is 0 Å².